The molecule has 3 nitrogen and oxygen atoms in total. The summed E-state index contributed by atoms with van der Waals surface area (Å²) < 4.78 is 11.6. The molecule has 1 aromatic heterocycles. The average molecular weight is 309 g/mol. The van der Waals surface area contributed by atoms with Crippen molar-refractivity contribution in [2.75, 3.05) is 19.8 Å². The van der Waals surface area contributed by atoms with Crippen LogP contribution < -0.4 is 4.74 Å². The third-order valence-electron chi connectivity index (χ3n) is 1.69. The topological polar surface area (TPSA) is 31.4 Å². The SMILES string of the molecule is CC(C)COCCOc1ncc(Br)cc1Cl. The molecule has 0 aliphatic rings. The van der Waals surface area contributed by atoms with Gasteiger partial charge in [0, 0.05) is 17.3 Å². The molecule has 0 spiro atoms. The van der Waals surface area contributed by atoms with Crippen molar-refractivity contribution in [2.45, 2.75) is 13.8 Å². The van der Waals surface area contributed by atoms with Crippen molar-refractivity contribution in [2.24, 2.45) is 5.92 Å². The van der Waals surface area contributed by atoms with Gasteiger partial charge in [-0.3, -0.25) is 0 Å². The van der Waals surface area contributed by atoms with Crippen LogP contribution in [0.5, 0.6) is 5.88 Å². The summed E-state index contributed by atoms with van der Waals surface area (Å²) in [5.74, 6) is 0.979. The highest BCUT2D eigenvalue weighted by Crippen LogP contribution is 2.24. The maximum absolute atomic E-state index is 5.93. The van der Waals surface area contributed by atoms with E-state index in [1.54, 1.807) is 12.3 Å². The first-order chi connectivity index (χ1) is 7.59. The highest BCUT2D eigenvalue weighted by Gasteiger charge is 2.03. The van der Waals surface area contributed by atoms with Gasteiger partial charge in [0.1, 0.15) is 11.6 Å². The van der Waals surface area contributed by atoms with Crippen LogP contribution in [-0.2, 0) is 4.74 Å². The lowest BCUT2D eigenvalue weighted by atomic mass is 10.2. The molecule has 0 aliphatic carbocycles. The van der Waals surface area contributed by atoms with Crippen molar-refractivity contribution in [3.8, 4) is 5.88 Å². The van der Waals surface area contributed by atoms with E-state index in [1.807, 2.05) is 0 Å². The normalized spacial score (nSPS) is 10.8. The van der Waals surface area contributed by atoms with Crippen LogP contribution >= 0.6 is 27.5 Å². The monoisotopic (exact) mass is 307 g/mol. The van der Waals surface area contributed by atoms with Gasteiger partial charge in [-0.15, -0.1) is 0 Å². The van der Waals surface area contributed by atoms with Gasteiger partial charge in [-0.05, 0) is 27.9 Å². The van der Waals surface area contributed by atoms with E-state index in [2.05, 4.69) is 34.8 Å². The highest BCUT2D eigenvalue weighted by atomic mass is 79.9. The van der Waals surface area contributed by atoms with Gasteiger partial charge in [-0.1, -0.05) is 25.4 Å². The summed E-state index contributed by atoms with van der Waals surface area (Å²) in [6.45, 7) is 5.96. The Morgan fingerprint density at radius 1 is 1.44 bits per heavy atom. The number of aromatic nitrogens is 1. The number of hydrogen-bond donors (Lipinski definition) is 0. The van der Waals surface area contributed by atoms with Crippen molar-refractivity contribution in [1.29, 1.82) is 0 Å². The van der Waals surface area contributed by atoms with Crippen LogP contribution in [0.4, 0.5) is 0 Å². The Kier molecular flexibility index (Phi) is 6.09. The molecule has 5 heteroatoms. The summed E-state index contributed by atoms with van der Waals surface area (Å²) in [4.78, 5) is 4.05. The van der Waals surface area contributed by atoms with E-state index in [-0.39, 0.29) is 0 Å². The van der Waals surface area contributed by atoms with Gasteiger partial charge >= 0.3 is 0 Å². The highest BCUT2D eigenvalue weighted by molar-refractivity contribution is 9.10. The van der Waals surface area contributed by atoms with Gasteiger partial charge in [0.05, 0.1) is 6.61 Å². The van der Waals surface area contributed by atoms with Crippen molar-refractivity contribution >= 4 is 27.5 Å². The van der Waals surface area contributed by atoms with E-state index in [0.29, 0.717) is 30.0 Å². The van der Waals surface area contributed by atoms with E-state index in [9.17, 15) is 0 Å². The van der Waals surface area contributed by atoms with Gasteiger partial charge in [0.2, 0.25) is 5.88 Å². The van der Waals surface area contributed by atoms with Crippen molar-refractivity contribution in [1.82, 2.24) is 4.98 Å². The minimum absolute atomic E-state index is 0.443. The van der Waals surface area contributed by atoms with Crippen LogP contribution in [0.1, 0.15) is 13.8 Å². The first kappa shape index (κ1) is 13.7. The fourth-order valence-electron chi connectivity index (χ4n) is 1.02. The minimum Gasteiger partial charge on any atom is -0.474 e. The Morgan fingerprint density at radius 2 is 2.19 bits per heavy atom. The molecule has 0 aliphatic heterocycles. The summed E-state index contributed by atoms with van der Waals surface area (Å²) >= 11 is 9.21. The molecule has 0 unspecified atom stereocenters. The number of nitrogens with zero attached hydrogens (tertiary/aromatic N) is 1. The first-order valence-electron chi connectivity index (χ1n) is 5.11. The van der Waals surface area contributed by atoms with Crippen LogP contribution in [0.25, 0.3) is 0 Å². The lowest BCUT2D eigenvalue weighted by Gasteiger charge is -2.09. The zero-order valence-electron chi connectivity index (χ0n) is 9.37. The minimum atomic E-state index is 0.443. The Morgan fingerprint density at radius 3 is 2.81 bits per heavy atom. The average Bonchev–Trinajstić information content (AvgIpc) is 2.20. The molecule has 0 amide bonds. The number of ether oxygens (including phenoxy) is 2. The van der Waals surface area contributed by atoms with Gasteiger partial charge in [-0.25, -0.2) is 4.98 Å². The van der Waals surface area contributed by atoms with Gasteiger partial charge in [-0.2, -0.15) is 0 Å². The van der Waals surface area contributed by atoms with Crippen LogP contribution in [0.15, 0.2) is 16.7 Å². The summed E-state index contributed by atoms with van der Waals surface area (Å²) in [7, 11) is 0. The number of hydrogen-bond acceptors (Lipinski definition) is 3. The number of rotatable bonds is 6. The van der Waals surface area contributed by atoms with Gasteiger partial charge in [0.25, 0.3) is 0 Å². The van der Waals surface area contributed by atoms with Crippen LogP contribution in [-0.4, -0.2) is 24.8 Å². The fourth-order valence-corrected chi connectivity index (χ4v) is 1.71. The molecule has 1 rings (SSSR count). The zero-order valence-corrected chi connectivity index (χ0v) is 11.7. The summed E-state index contributed by atoms with van der Waals surface area (Å²) in [5, 5.41) is 0.498. The van der Waals surface area contributed by atoms with Crippen molar-refractivity contribution in [3.05, 3.63) is 21.8 Å². The lowest BCUT2D eigenvalue weighted by molar-refractivity contribution is 0.0806. The molecule has 90 valence electrons. The quantitative estimate of drug-likeness (QED) is 0.753. The Labute approximate surface area is 109 Å². The predicted molar refractivity (Wildman–Crippen MR) is 68.1 cm³/mol. The molecule has 0 atom stereocenters. The molecular formula is C11H15BrClNO2. The predicted octanol–water partition coefficient (Wildman–Crippen LogP) is 3.55. The molecule has 0 saturated heterocycles. The molecule has 0 radical (unpaired) electrons. The maximum Gasteiger partial charge on any atom is 0.232 e. The molecular weight excluding hydrogens is 293 g/mol. The Bertz CT molecular complexity index is 334. The molecule has 0 saturated carbocycles. The largest absolute Gasteiger partial charge is 0.474 e. The summed E-state index contributed by atoms with van der Waals surface area (Å²) in [6, 6.07) is 1.75. The van der Waals surface area contributed by atoms with Crippen LogP contribution in [0, 0.1) is 5.92 Å². The van der Waals surface area contributed by atoms with E-state index >= 15 is 0 Å². The Balaban J connectivity index is 2.27. The standard InChI is InChI=1S/C11H15BrClNO2/c1-8(2)7-15-3-4-16-11-10(13)5-9(12)6-14-11/h5-6,8H,3-4,7H2,1-2H3. The molecule has 0 fully saturated rings. The molecule has 0 N–H and O–H groups in total. The first-order valence-corrected chi connectivity index (χ1v) is 6.28. The second-order valence-electron chi connectivity index (χ2n) is 3.76. The smallest absolute Gasteiger partial charge is 0.232 e. The summed E-state index contributed by atoms with van der Waals surface area (Å²) in [6.07, 6.45) is 1.65. The number of pyridine rings is 1. The molecule has 0 bridgehead atoms. The van der Waals surface area contributed by atoms with Crippen LogP contribution in [0.3, 0.4) is 0 Å². The Hall–Kier alpha value is -0.320. The molecule has 16 heavy (non-hydrogen) atoms. The third-order valence-corrected chi connectivity index (χ3v) is 2.40. The van der Waals surface area contributed by atoms with Crippen molar-refractivity contribution < 1.29 is 9.47 Å². The van der Waals surface area contributed by atoms with Gasteiger partial charge < -0.3 is 9.47 Å². The fraction of sp³-hybridized carbons (Fsp3) is 0.545. The molecule has 1 aromatic rings. The lowest BCUT2D eigenvalue weighted by Crippen LogP contribution is -2.10. The summed E-state index contributed by atoms with van der Waals surface area (Å²) in [5.41, 5.74) is 0. The van der Waals surface area contributed by atoms with E-state index < -0.39 is 0 Å². The molecule has 1 heterocycles. The maximum atomic E-state index is 5.93. The zero-order chi connectivity index (χ0) is 12.0. The second-order valence-corrected chi connectivity index (χ2v) is 5.08. The molecule has 0 aromatic carbocycles. The van der Waals surface area contributed by atoms with E-state index in [4.69, 9.17) is 21.1 Å². The number of halogens is 2. The van der Waals surface area contributed by atoms with Crippen molar-refractivity contribution in [3.63, 3.8) is 0 Å². The second kappa shape index (κ2) is 7.09. The van der Waals surface area contributed by atoms with Gasteiger partial charge in [0.15, 0.2) is 0 Å². The van der Waals surface area contributed by atoms with Crippen LogP contribution in [0.2, 0.25) is 5.02 Å². The van der Waals surface area contributed by atoms with E-state index in [0.717, 1.165) is 11.1 Å². The third kappa shape index (κ3) is 5.14. The van der Waals surface area contributed by atoms with E-state index in [1.165, 1.54) is 0 Å².